The first-order valence-electron chi connectivity index (χ1n) is 11.6. The number of hydrogen-bond acceptors (Lipinski definition) is 6. The molecule has 1 amide bonds. The van der Waals surface area contributed by atoms with Crippen molar-refractivity contribution in [1.82, 2.24) is 9.97 Å². The van der Waals surface area contributed by atoms with E-state index in [9.17, 15) is 15.2 Å². The van der Waals surface area contributed by atoms with Crippen LogP contribution in [-0.4, -0.2) is 34.1 Å². The van der Waals surface area contributed by atoms with E-state index >= 15 is 0 Å². The van der Waals surface area contributed by atoms with Crippen molar-refractivity contribution >= 4 is 34.8 Å². The van der Waals surface area contributed by atoms with Gasteiger partial charge in [0.05, 0.1) is 34.6 Å². The van der Waals surface area contributed by atoms with Gasteiger partial charge in [0.25, 0.3) is 0 Å². The molecule has 0 saturated heterocycles. The van der Waals surface area contributed by atoms with E-state index in [1.807, 2.05) is 38.1 Å². The molecule has 2 N–H and O–H groups in total. The van der Waals surface area contributed by atoms with Gasteiger partial charge in [0.15, 0.2) is 0 Å². The number of amides is 1. The molecule has 1 aliphatic heterocycles. The molecule has 1 atom stereocenters. The van der Waals surface area contributed by atoms with Gasteiger partial charge in [-0.25, -0.2) is 9.97 Å². The lowest BCUT2D eigenvalue weighted by Gasteiger charge is -2.23. The van der Waals surface area contributed by atoms with Crippen molar-refractivity contribution < 1.29 is 9.90 Å². The number of benzene rings is 2. The van der Waals surface area contributed by atoms with Crippen molar-refractivity contribution in [3.63, 3.8) is 0 Å². The van der Waals surface area contributed by atoms with Gasteiger partial charge in [0, 0.05) is 36.3 Å². The number of carbonyl (C=O) groups is 1. The van der Waals surface area contributed by atoms with E-state index in [1.54, 1.807) is 18.0 Å². The van der Waals surface area contributed by atoms with Crippen LogP contribution in [0.5, 0.6) is 0 Å². The minimum absolute atomic E-state index is 0.0230. The molecule has 0 spiro atoms. The zero-order valence-electron chi connectivity index (χ0n) is 19.9. The van der Waals surface area contributed by atoms with Gasteiger partial charge in [-0.15, -0.1) is 0 Å². The van der Waals surface area contributed by atoms with E-state index in [4.69, 9.17) is 16.6 Å². The maximum Gasteiger partial charge on any atom is 0.227 e. The number of fused-ring (bicyclic) bond motifs is 2. The first-order chi connectivity index (χ1) is 16.8. The molecule has 2 aromatic carbocycles. The normalized spacial score (nSPS) is 18.2. The van der Waals surface area contributed by atoms with Gasteiger partial charge in [0.1, 0.15) is 0 Å². The minimum atomic E-state index is -0.364. The molecule has 0 radical (unpaired) electrons. The fourth-order valence-electron chi connectivity index (χ4n) is 5.29. The van der Waals surface area contributed by atoms with Crippen LogP contribution in [0.4, 0.5) is 17.3 Å². The van der Waals surface area contributed by atoms with Crippen LogP contribution >= 0.6 is 11.6 Å². The molecule has 0 fully saturated rings. The number of nitrogens with zero attached hydrogens (tertiary/aromatic N) is 4. The lowest BCUT2D eigenvalue weighted by molar-refractivity contribution is -0.116. The summed E-state index contributed by atoms with van der Waals surface area (Å²) in [4.78, 5) is 22.8. The summed E-state index contributed by atoms with van der Waals surface area (Å²) in [6.07, 6.45) is 4.02. The molecule has 1 unspecified atom stereocenters. The Bertz CT molecular complexity index is 1410. The van der Waals surface area contributed by atoms with Crippen molar-refractivity contribution in [3.8, 4) is 17.3 Å². The van der Waals surface area contributed by atoms with Gasteiger partial charge in [-0.05, 0) is 72.7 Å². The molecule has 5 rings (SSSR count). The third kappa shape index (κ3) is 3.83. The fourth-order valence-corrected chi connectivity index (χ4v) is 5.62. The molecule has 0 saturated carbocycles. The van der Waals surface area contributed by atoms with E-state index in [-0.39, 0.29) is 17.9 Å². The molecule has 1 aromatic heterocycles. The second-order valence-electron chi connectivity index (χ2n) is 9.55. The SMILES string of the molecule is CC(=O)N1CCc2c(C)c(Nc3nccc(-c4cc(C#N)c5c(c4)C(C)(CO)CC5)n3)cc(Cl)c21. The number of nitrogens with one attached hydrogen (secondary N) is 1. The standard InChI is InChI=1S/C27H26ClN5O2/c1-15-19-6-9-33(16(2)35)25(19)22(28)12-24(15)32-26-30-8-5-23(31-26)17-10-18(13-29)20-4-7-27(3,14-34)21(20)11-17/h5,8,10-12,34H,4,6-7,9,14H2,1-3H3,(H,30,31,32). The lowest BCUT2D eigenvalue weighted by Crippen LogP contribution is -2.26. The van der Waals surface area contributed by atoms with Crippen LogP contribution in [-0.2, 0) is 23.1 Å². The number of hydrogen-bond donors (Lipinski definition) is 2. The van der Waals surface area contributed by atoms with Crippen molar-refractivity contribution in [1.29, 1.82) is 5.26 Å². The second kappa shape index (κ2) is 8.63. The molecule has 2 heterocycles. The minimum Gasteiger partial charge on any atom is -0.395 e. The first-order valence-corrected chi connectivity index (χ1v) is 12.0. The predicted octanol–water partition coefficient (Wildman–Crippen LogP) is 4.83. The third-order valence-electron chi connectivity index (χ3n) is 7.37. The molecule has 35 heavy (non-hydrogen) atoms. The highest BCUT2D eigenvalue weighted by Crippen LogP contribution is 2.43. The smallest absolute Gasteiger partial charge is 0.227 e. The summed E-state index contributed by atoms with van der Waals surface area (Å²) < 4.78 is 0. The zero-order valence-corrected chi connectivity index (χ0v) is 20.7. The average Bonchev–Trinajstić information content (AvgIpc) is 3.45. The molecule has 8 heteroatoms. The molecule has 178 valence electrons. The summed E-state index contributed by atoms with van der Waals surface area (Å²) in [5.41, 5.74) is 7.41. The molecule has 1 aliphatic carbocycles. The van der Waals surface area contributed by atoms with Gasteiger partial charge >= 0.3 is 0 Å². The summed E-state index contributed by atoms with van der Waals surface area (Å²) in [6.45, 7) is 6.23. The Morgan fingerprint density at radius 1 is 1.31 bits per heavy atom. The molecular formula is C27H26ClN5O2. The highest BCUT2D eigenvalue weighted by molar-refractivity contribution is 6.34. The zero-order chi connectivity index (χ0) is 24.9. The predicted molar refractivity (Wildman–Crippen MR) is 136 cm³/mol. The number of rotatable bonds is 4. The Morgan fingerprint density at radius 3 is 2.83 bits per heavy atom. The highest BCUT2D eigenvalue weighted by Gasteiger charge is 2.36. The average molecular weight is 488 g/mol. The number of aliphatic hydroxyl groups is 1. The molecular weight excluding hydrogens is 462 g/mol. The van der Waals surface area contributed by atoms with Crippen molar-refractivity contribution in [3.05, 3.63) is 63.3 Å². The maximum absolute atomic E-state index is 12.0. The number of nitriles is 1. The number of halogens is 1. The molecule has 7 nitrogen and oxygen atoms in total. The van der Waals surface area contributed by atoms with E-state index in [0.29, 0.717) is 28.8 Å². The number of aromatic nitrogens is 2. The molecule has 2 aliphatic rings. The van der Waals surface area contributed by atoms with E-state index < -0.39 is 0 Å². The summed E-state index contributed by atoms with van der Waals surface area (Å²) in [6, 6.07) is 9.84. The summed E-state index contributed by atoms with van der Waals surface area (Å²) >= 11 is 6.58. The monoisotopic (exact) mass is 487 g/mol. The van der Waals surface area contributed by atoms with Crippen LogP contribution in [0.2, 0.25) is 5.02 Å². The van der Waals surface area contributed by atoms with E-state index in [2.05, 4.69) is 16.4 Å². The Labute approximate surface area is 209 Å². The van der Waals surface area contributed by atoms with Crippen LogP contribution < -0.4 is 10.2 Å². The lowest BCUT2D eigenvalue weighted by atomic mass is 9.83. The Kier molecular flexibility index (Phi) is 5.74. The summed E-state index contributed by atoms with van der Waals surface area (Å²) in [5, 5.41) is 23.6. The highest BCUT2D eigenvalue weighted by atomic mass is 35.5. The number of aliphatic hydroxyl groups excluding tert-OH is 1. The van der Waals surface area contributed by atoms with Crippen LogP contribution in [0.1, 0.15) is 48.1 Å². The molecule has 3 aromatic rings. The van der Waals surface area contributed by atoms with E-state index in [0.717, 1.165) is 58.5 Å². The quantitative estimate of drug-likeness (QED) is 0.546. The fraction of sp³-hybridized carbons (Fsp3) is 0.333. The van der Waals surface area contributed by atoms with Gasteiger partial charge in [-0.1, -0.05) is 18.5 Å². The topological polar surface area (TPSA) is 102 Å². The van der Waals surface area contributed by atoms with Crippen LogP contribution in [0, 0.1) is 18.3 Å². The number of carbonyl (C=O) groups excluding carboxylic acids is 1. The Hall–Kier alpha value is -3.47. The largest absolute Gasteiger partial charge is 0.395 e. The van der Waals surface area contributed by atoms with Crippen molar-refractivity contribution in [2.45, 2.75) is 45.4 Å². The van der Waals surface area contributed by atoms with Crippen molar-refractivity contribution in [2.24, 2.45) is 0 Å². The van der Waals surface area contributed by atoms with Crippen LogP contribution in [0.25, 0.3) is 11.3 Å². The first kappa shape index (κ1) is 23.3. The maximum atomic E-state index is 12.0. The molecule has 0 bridgehead atoms. The number of anilines is 3. The Morgan fingerprint density at radius 2 is 2.11 bits per heavy atom. The Balaban J connectivity index is 1.52. The third-order valence-corrected chi connectivity index (χ3v) is 7.66. The second-order valence-corrected chi connectivity index (χ2v) is 9.96. The van der Waals surface area contributed by atoms with Gasteiger partial charge < -0.3 is 15.3 Å². The summed E-state index contributed by atoms with van der Waals surface area (Å²) in [7, 11) is 0. The van der Waals surface area contributed by atoms with Gasteiger partial charge in [0.2, 0.25) is 11.9 Å². The van der Waals surface area contributed by atoms with Crippen molar-refractivity contribution in [2.75, 3.05) is 23.4 Å². The van der Waals surface area contributed by atoms with Gasteiger partial charge in [-0.3, -0.25) is 4.79 Å². The van der Waals surface area contributed by atoms with E-state index in [1.165, 1.54) is 0 Å². The van der Waals surface area contributed by atoms with Crippen LogP contribution in [0.3, 0.4) is 0 Å². The van der Waals surface area contributed by atoms with Gasteiger partial charge in [-0.2, -0.15) is 5.26 Å². The van der Waals surface area contributed by atoms with Crippen LogP contribution in [0.15, 0.2) is 30.5 Å². The summed E-state index contributed by atoms with van der Waals surface area (Å²) in [5.74, 6) is 0.386.